The van der Waals surface area contributed by atoms with Crippen LogP contribution in [0.1, 0.15) is 17.7 Å². The molecule has 5 rings (SSSR count). The summed E-state index contributed by atoms with van der Waals surface area (Å²) in [5.41, 5.74) is 5.73. The second-order valence-corrected chi connectivity index (χ2v) is 8.61. The van der Waals surface area contributed by atoms with E-state index in [4.69, 9.17) is 5.73 Å². The largest absolute Gasteiger partial charge is 0.433 e. The maximum atomic E-state index is 12.9. The molecule has 0 bridgehead atoms. The number of pyridine rings is 2. The number of nitrogens with two attached hydrogens (primary N) is 1. The van der Waals surface area contributed by atoms with Gasteiger partial charge in [-0.05, 0) is 18.2 Å². The lowest BCUT2D eigenvalue weighted by atomic mass is 10.0. The topological polar surface area (TPSA) is 118 Å². The number of carbonyl (C=O) groups is 1. The number of rotatable bonds is 2. The molecule has 8 nitrogen and oxygen atoms in total. The number of nitrogen functional groups attached to an aromatic ring is 1. The molecule has 3 N–H and O–H groups in total. The quantitative estimate of drug-likeness (QED) is 0.402. The maximum Gasteiger partial charge on any atom is 0.433 e. The SMILES string of the molecule is CN1CCC(O)(C#Cc2cccc(-c3ncc4c(-c5ccc(C(F)(F)F)nc5)cnc(N)c4n3)c2)C1=O. The number of likely N-dealkylation sites (tertiary alicyclic amines) is 1. The van der Waals surface area contributed by atoms with Gasteiger partial charge in [0.2, 0.25) is 5.60 Å². The van der Waals surface area contributed by atoms with Crippen molar-refractivity contribution >= 4 is 22.6 Å². The third-order valence-corrected chi connectivity index (χ3v) is 6.06. The third kappa shape index (κ3) is 4.54. The van der Waals surface area contributed by atoms with Gasteiger partial charge in [0.05, 0.1) is 0 Å². The summed E-state index contributed by atoms with van der Waals surface area (Å²) in [4.78, 5) is 30.2. The molecule has 1 aromatic carbocycles. The Labute approximate surface area is 209 Å². The van der Waals surface area contributed by atoms with Gasteiger partial charge >= 0.3 is 6.18 Å². The number of aliphatic hydroxyl groups is 1. The lowest BCUT2D eigenvalue weighted by Gasteiger charge is -2.13. The second kappa shape index (κ2) is 8.83. The first-order valence-corrected chi connectivity index (χ1v) is 11.1. The van der Waals surface area contributed by atoms with Crippen molar-refractivity contribution in [3.05, 3.63) is 66.2 Å². The van der Waals surface area contributed by atoms with Gasteiger partial charge in [0.15, 0.2) is 5.82 Å². The molecular formula is C26H19F3N6O2. The molecule has 1 atom stereocenters. The first kappa shape index (κ1) is 24.1. The maximum absolute atomic E-state index is 12.9. The van der Waals surface area contributed by atoms with Crippen molar-refractivity contribution in [3.8, 4) is 34.4 Å². The van der Waals surface area contributed by atoms with Crippen molar-refractivity contribution in [3.63, 3.8) is 0 Å². The van der Waals surface area contributed by atoms with E-state index in [2.05, 4.69) is 31.8 Å². The molecule has 1 saturated heterocycles. The Morgan fingerprint density at radius 1 is 1.08 bits per heavy atom. The number of halogens is 3. The van der Waals surface area contributed by atoms with Gasteiger partial charge < -0.3 is 15.7 Å². The highest BCUT2D eigenvalue weighted by molar-refractivity contribution is 5.98. The number of likely N-dealkylation sites (N-methyl/N-ethyl adjacent to an activating group) is 1. The van der Waals surface area contributed by atoms with Gasteiger partial charge in [0.1, 0.15) is 17.0 Å². The molecule has 1 amide bonds. The average molecular weight is 504 g/mol. The molecule has 1 aliphatic heterocycles. The van der Waals surface area contributed by atoms with Crippen LogP contribution in [-0.4, -0.2) is 55.0 Å². The number of fused-ring (bicyclic) bond motifs is 1. The van der Waals surface area contributed by atoms with Crippen molar-refractivity contribution in [1.82, 2.24) is 24.8 Å². The van der Waals surface area contributed by atoms with Crippen LogP contribution in [0.15, 0.2) is 55.0 Å². The number of hydrogen-bond donors (Lipinski definition) is 2. The Kier molecular flexibility index (Phi) is 5.76. The first-order valence-electron chi connectivity index (χ1n) is 11.1. The smallest absolute Gasteiger partial charge is 0.382 e. The Morgan fingerprint density at radius 3 is 2.57 bits per heavy atom. The molecule has 0 aliphatic carbocycles. The van der Waals surface area contributed by atoms with Crippen LogP contribution >= 0.6 is 0 Å². The fraction of sp³-hybridized carbons (Fsp3) is 0.192. The van der Waals surface area contributed by atoms with Crippen LogP contribution in [0.2, 0.25) is 0 Å². The van der Waals surface area contributed by atoms with Crippen LogP contribution in [0.25, 0.3) is 33.4 Å². The van der Waals surface area contributed by atoms with Crippen LogP contribution in [0.5, 0.6) is 0 Å². The summed E-state index contributed by atoms with van der Waals surface area (Å²) < 4.78 is 38.7. The summed E-state index contributed by atoms with van der Waals surface area (Å²) >= 11 is 0. The Balaban J connectivity index is 1.50. The van der Waals surface area contributed by atoms with E-state index in [9.17, 15) is 23.1 Å². The van der Waals surface area contributed by atoms with E-state index < -0.39 is 23.4 Å². The highest BCUT2D eigenvalue weighted by atomic mass is 19.4. The van der Waals surface area contributed by atoms with E-state index in [1.165, 1.54) is 23.4 Å². The van der Waals surface area contributed by atoms with Crippen molar-refractivity contribution in [2.45, 2.75) is 18.2 Å². The predicted molar refractivity (Wildman–Crippen MR) is 129 cm³/mol. The van der Waals surface area contributed by atoms with E-state index in [0.29, 0.717) is 45.5 Å². The summed E-state index contributed by atoms with van der Waals surface area (Å²) in [6, 6.07) is 9.16. The van der Waals surface area contributed by atoms with Crippen LogP contribution in [0.3, 0.4) is 0 Å². The number of aromatic nitrogens is 4. The Hall–Kier alpha value is -4.56. The van der Waals surface area contributed by atoms with Crippen molar-refractivity contribution in [2.75, 3.05) is 19.3 Å². The van der Waals surface area contributed by atoms with Gasteiger partial charge in [-0.25, -0.2) is 15.0 Å². The molecule has 186 valence electrons. The third-order valence-electron chi connectivity index (χ3n) is 6.06. The fourth-order valence-electron chi connectivity index (χ4n) is 4.01. The van der Waals surface area contributed by atoms with E-state index in [-0.39, 0.29) is 12.2 Å². The molecule has 11 heteroatoms. The lowest BCUT2D eigenvalue weighted by Crippen LogP contribution is -2.37. The first-order chi connectivity index (χ1) is 17.5. The van der Waals surface area contributed by atoms with Gasteiger partial charge in [-0.15, -0.1) is 0 Å². The van der Waals surface area contributed by atoms with Crippen LogP contribution in [0.4, 0.5) is 19.0 Å². The zero-order valence-electron chi connectivity index (χ0n) is 19.4. The molecule has 1 aliphatic rings. The van der Waals surface area contributed by atoms with Crippen molar-refractivity contribution < 1.29 is 23.1 Å². The number of benzene rings is 1. The number of nitrogens with zero attached hydrogens (tertiary/aromatic N) is 5. The lowest BCUT2D eigenvalue weighted by molar-refractivity contribution is -0.141. The van der Waals surface area contributed by atoms with E-state index in [1.807, 2.05) is 0 Å². The van der Waals surface area contributed by atoms with Crippen LogP contribution < -0.4 is 5.73 Å². The molecule has 1 unspecified atom stereocenters. The van der Waals surface area contributed by atoms with Crippen LogP contribution in [-0.2, 0) is 11.0 Å². The number of hydrogen-bond acceptors (Lipinski definition) is 7. The number of amides is 1. The van der Waals surface area contributed by atoms with Gasteiger partial charge in [0.25, 0.3) is 5.91 Å². The van der Waals surface area contributed by atoms with Crippen molar-refractivity contribution in [1.29, 1.82) is 0 Å². The van der Waals surface area contributed by atoms with Gasteiger partial charge in [-0.3, -0.25) is 9.78 Å². The molecule has 4 aromatic rings. The molecule has 0 saturated carbocycles. The standard InChI is InChI=1S/C26H19F3N6O2/c1-35-10-9-25(37,24(35)36)8-7-15-3-2-4-16(11-15)23-33-14-19-18(13-32-22(30)21(19)34-23)17-5-6-20(31-12-17)26(27,28)29/h2-6,11-14,37H,9-10H2,1H3,(H2,30,32). The highest BCUT2D eigenvalue weighted by Crippen LogP contribution is 2.33. The van der Waals surface area contributed by atoms with Gasteiger partial charge in [-0.1, -0.05) is 30.0 Å². The zero-order valence-corrected chi connectivity index (χ0v) is 19.4. The molecule has 4 heterocycles. The minimum absolute atomic E-state index is 0.129. The summed E-state index contributed by atoms with van der Waals surface area (Å²) in [5.74, 6) is 5.55. The summed E-state index contributed by atoms with van der Waals surface area (Å²) in [7, 11) is 1.61. The zero-order chi connectivity index (χ0) is 26.4. The molecule has 0 radical (unpaired) electrons. The molecule has 3 aromatic heterocycles. The van der Waals surface area contributed by atoms with Crippen molar-refractivity contribution in [2.24, 2.45) is 0 Å². The monoisotopic (exact) mass is 504 g/mol. The Bertz CT molecular complexity index is 1590. The summed E-state index contributed by atoms with van der Waals surface area (Å²) in [5, 5.41) is 11.0. The molecule has 1 fully saturated rings. The van der Waals surface area contributed by atoms with E-state index in [1.54, 1.807) is 31.3 Å². The van der Waals surface area contributed by atoms with Gasteiger partial charge in [0, 0.05) is 66.2 Å². The van der Waals surface area contributed by atoms with E-state index >= 15 is 0 Å². The summed E-state index contributed by atoms with van der Waals surface area (Å²) in [6.45, 7) is 0.426. The average Bonchev–Trinajstić information content (AvgIpc) is 3.15. The van der Waals surface area contributed by atoms with E-state index in [0.717, 1.165) is 12.3 Å². The highest BCUT2D eigenvalue weighted by Gasteiger charge is 2.42. The normalized spacial score (nSPS) is 17.6. The van der Waals surface area contributed by atoms with Gasteiger partial charge in [-0.2, -0.15) is 13.2 Å². The molecule has 0 spiro atoms. The fourth-order valence-corrected chi connectivity index (χ4v) is 4.01. The molecule has 37 heavy (non-hydrogen) atoms. The number of anilines is 1. The number of alkyl halides is 3. The number of carbonyl (C=O) groups excluding carboxylic acids is 1. The minimum atomic E-state index is -4.54. The Morgan fingerprint density at radius 2 is 1.89 bits per heavy atom. The predicted octanol–water partition coefficient (Wildman–Crippen LogP) is 3.30. The minimum Gasteiger partial charge on any atom is -0.382 e. The summed E-state index contributed by atoms with van der Waals surface area (Å²) in [6.07, 6.45) is -0.236. The molecular weight excluding hydrogens is 485 g/mol. The van der Waals surface area contributed by atoms with Crippen LogP contribution in [0, 0.1) is 11.8 Å². The second-order valence-electron chi connectivity index (χ2n) is 8.61.